The highest BCUT2D eigenvalue weighted by atomic mass is 16.5. The van der Waals surface area contributed by atoms with E-state index in [9.17, 15) is 4.79 Å². The van der Waals surface area contributed by atoms with E-state index in [2.05, 4.69) is 20.8 Å². The Kier molecular flexibility index (Phi) is 5.75. The molecular formula is C17H27NO2. The van der Waals surface area contributed by atoms with Crippen LogP contribution in [0.25, 0.3) is 0 Å². The van der Waals surface area contributed by atoms with Gasteiger partial charge in [0.15, 0.2) is 5.78 Å². The van der Waals surface area contributed by atoms with Gasteiger partial charge in [-0.2, -0.15) is 0 Å². The molecular weight excluding hydrogens is 250 g/mol. The first-order valence-electron chi connectivity index (χ1n) is 7.23. The highest BCUT2D eigenvalue weighted by Crippen LogP contribution is 2.22. The Hall–Kier alpha value is -1.35. The minimum Gasteiger partial charge on any atom is -0.491 e. The van der Waals surface area contributed by atoms with Crippen LogP contribution in [0.1, 0.15) is 57.8 Å². The van der Waals surface area contributed by atoms with Crippen molar-refractivity contribution in [2.45, 2.75) is 59.6 Å². The van der Waals surface area contributed by atoms with Gasteiger partial charge in [-0.25, -0.2) is 0 Å². The van der Waals surface area contributed by atoms with Gasteiger partial charge in [0.25, 0.3) is 0 Å². The summed E-state index contributed by atoms with van der Waals surface area (Å²) in [5.41, 5.74) is 6.90. The predicted molar refractivity (Wildman–Crippen MR) is 83.2 cm³/mol. The van der Waals surface area contributed by atoms with Crippen LogP contribution in [0.15, 0.2) is 24.3 Å². The van der Waals surface area contributed by atoms with E-state index in [0.717, 1.165) is 12.2 Å². The number of carbonyl (C=O) groups excluding carboxylic acids is 1. The zero-order valence-electron chi connectivity index (χ0n) is 13.3. The molecule has 1 aromatic carbocycles. The molecule has 3 heteroatoms. The molecule has 0 saturated carbocycles. The Morgan fingerprint density at radius 1 is 1.20 bits per heavy atom. The molecule has 3 nitrogen and oxygen atoms in total. The van der Waals surface area contributed by atoms with E-state index in [1.54, 1.807) is 0 Å². The Bertz CT molecular complexity index is 429. The summed E-state index contributed by atoms with van der Waals surface area (Å²) in [5.74, 6) is 0.883. The van der Waals surface area contributed by atoms with Crippen molar-refractivity contribution in [1.29, 1.82) is 0 Å². The Morgan fingerprint density at radius 2 is 1.75 bits per heavy atom. The molecule has 0 spiro atoms. The van der Waals surface area contributed by atoms with Crippen molar-refractivity contribution in [1.82, 2.24) is 0 Å². The number of ether oxygens (including phenoxy) is 1. The summed E-state index contributed by atoms with van der Waals surface area (Å²) < 4.78 is 5.56. The Labute approximate surface area is 122 Å². The number of nitrogens with two attached hydrogens (primary N) is 1. The standard InChI is InChI=1S/C17H27NO2/c1-12(2)20-15-8-6-13(7-9-15)16(19)10-14(18)11-17(3,4)5/h6-9,12,14H,10-11,18H2,1-5H3. The third-order valence-electron chi connectivity index (χ3n) is 2.87. The monoisotopic (exact) mass is 277 g/mol. The number of rotatable bonds is 6. The average Bonchev–Trinajstić information content (AvgIpc) is 2.26. The van der Waals surface area contributed by atoms with E-state index >= 15 is 0 Å². The van der Waals surface area contributed by atoms with Gasteiger partial charge >= 0.3 is 0 Å². The van der Waals surface area contributed by atoms with Gasteiger partial charge in [-0.15, -0.1) is 0 Å². The van der Waals surface area contributed by atoms with Gasteiger partial charge in [0.05, 0.1) is 6.10 Å². The highest BCUT2D eigenvalue weighted by Gasteiger charge is 2.18. The molecule has 20 heavy (non-hydrogen) atoms. The maximum Gasteiger partial charge on any atom is 0.164 e. The van der Waals surface area contributed by atoms with Crippen molar-refractivity contribution in [2.75, 3.05) is 0 Å². The van der Waals surface area contributed by atoms with Gasteiger partial charge in [-0.3, -0.25) is 4.79 Å². The summed E-state index contributed by atoms with van der Waals surface area (Å²) in [4.78, 5) is 12.2. The largest absolute Gasteiger partial charge is 0.491 e. The fourth-order valence-corrected chi connectivity index (χ4v) is 2.21. The molecule has 0 aromatic heterocycles. The molecule has 0 bridgehead atoms. The molecule has 112 valence electrons. The van der Waals surface area contributed by atoms with Crippen LogP contribution in [0.3, 0.4) is 0 Å². The van der Waals surface area contributed by atoms with Gasteiger partial charge in [0.2, 0.25) is 0 Å². The van der Waals surface area contributed by atoms with E-state index in [-0.39, 0.29) is 23.3 Å². The first kappa shape index (κ1) is 16.7. The molecule has 1 aromatic rings. The molecule has 1 unspecified atom stereocenters. The molecule has 0 aliphatic rings. The van der Waals surface area contributed by atoms with E-state index in [0.29, 0.717) is 12.0 Å². The van der Waals surface area contributed by atoms with Gasteiger partial charge in [0.1, 0.15) is 5.75 Å². The number of hydrogen-bond acceptors (Lipinski definition) is 3. The van der Waals surface area contributed by atoms with Gasteiger partial charge < -0.3 is 10.5 Å². The normalized spacial score (nSPS) is 13.3. The van der Waals surface area contributed by atoms with Crippen LogP contribution < -0.4 is 10.5 Å². The molecule has 0 saturated heterocycles. The number of ketones is 1. The second kappa shape index (κ2) is 6.89. The summed E-state index contributed by atoms with van der Waals surface area (Å²) in [5, 5.41) is 0. The van der Waals surface area contributed by atoms with Crippen molar-refractivity contribution in [2.24, 2.45) is 11.1 Å². The third kappa shape index (κ3) is 6.20. The maximum atomic E-state index is 12.2. The number of carbonyl (C=O) groups is 1. The molecule has 0 fully saturated rings. The summed E-state index contributed by atoms with van der Waals surface area (Å²) in [6, 6.07) is 7.20. The van der Waals surface area contributed by atoms with Crippen molar-refractivity contribution >= 4 is 5.78 Å². The van der Waals surface area contributed by atoms with Gasteiger partial charge in [-0.1, -0.05) is 20.8 Å². The first-order chi connectivity index (χ1) is 9.17. The van der Waals surface area contributed by atoms with E-state index in [1.807, 2.05) is 38.1 Å². The van der Waals surface area contributed by atoms with Crippen LogP contribution >= 0.6 is 0 Å². The molecule has 0 radical (unpaired) electrons. The zero-order chi connectivity index (χ0) is 15.3. The zero-order valence-corrected chi connectivity index (χ0v) is 13.3. The third-order valence-corrected chi connectivity index (χ3v) is 2.87. The summed E-state index contributed by atoms with van der Waals surface area (Å²) >= 11 is 0. The highest BCUT2D eigenvalue weighted by molar-refractivity contribution is 5.96. The number of Topliss-reactive ketones (excluding diaryl/α,β-unsaturated/α-hetero) is 1. The van der Waals surface area contributed by atoms with E-state index in [1.165, 1.54) is 0 Å². The second-order valence-corrected chi connectivity index (χ2v) is 6.84. The molecule has 1 atom stereocenters. The summed E-state index contributed by atoms with van der Waals surface area (Å²) in [6.45, 7) is 10.4. The SMILES string of the molecule is CC(C)Oc1ccc(C(=O)CC(N)CC(C)(C)C)cc1. The van der Waals surface area contributed by atoms with Crippen LogP contribution in [0.2, 0.25) is 0 Å². The van der Waals surface area contributed by atoms with Crippen LogP contribution in [0.4, 0.5) is 0 Å². The van der Waals surface area contributed by atoms with Crippen LogP contribution in [-0.4, -0.2) is 17.9 Å². The second-order valence-electron chi connectivity index (χ2n) is 6.84. The fourth-order valence-electron chi connectivity index (χ4n) is 2.21. The van der Waals surface area contributed by atoms with Crippen molar-refractivity contribution in [3.8, 4) is 5.75 Å². The molecule has 0 aliphatic carbocycles. The maximum absolute atomic E-state index is 12.2. The van der Waals surface area contributed by atoms with Crippen molar-refractivity contribution in [3.05, 3.63) is 29.8 Å². The topological polar surface area (TPSA) is 52.3 Å². The van der Waals surface area contributed by atoms with Crippen LogP contribution in [0.5, 0.6) is 5.75 Å². The quantitative estimate of drug-likeness (QED) is 0.804. The minimum atomic E-state index is -0.0888. The average molecular weight is 277 g/mol. The number of hydrogen-bond donors (Lipinski definition) is 1. The van der Waals surface area contributed by atoms with E-state index < -0.39 is 0 Å². The number of benzene rings is 1. The van der Waals surface area contributed by atoms with Gasteiger partial charge in [-0.05, 0) is 49.9 Å². The lowest BCUT2D eigenvalue weighted by Crippen LogP contribution is -2.28. The van der Waals surface area contributed by atoms with Crippen LogP contribution in [0, 0.1) is 5.41 Å². The predicted octanol–water partition coefficient (Wildman–Crippen LogP) is 3.81. The lowest BCUT2D eigenvalue weighted by atomic mass is 9.86. The minimum absolute atomic E-state index is 0.0888. The lowest BCUT2D eigenvalue weighted by molar-refractivity contribution is 0.0968. The summed E-state index contributed by atoms with van der Waals surface area (Å²) in [6.07, 6.45) is 1.37. The molecule has 0 amide bonds. The first-order valence-corrected chi connectivity index (χ1v) is 7.23. The van der Waals surface area contributed by atoms with Crippen molar-refractivity contribution < 1.29 is 9.53 Å². The van der Waals surface area contributed by atoms with Crippen molar-refractivity contribution in [3.63, 3.8) is 0 Å². The summed E-state index contributed by atoms with van der Waals surface area (Å²) in [7, 11) is 0. The fraction of sp³-hybridized carbons (Fsp3) is 0.588. The Morgan fingerprint density at radius 3 is 2.20 bits per heavy atom. The van der Waals surface area contributed by atoms with Gasteiger partial charge in [0, 0.05) is 18.0 Å². The Balaban J connectivity index is 2.59. The van der Waals surface area contributed by atoms with Crippen LogP contribution in [-0.2, 0) is 0 Å². The molecule has 1 rings (SSSR count). The molecule has 0 heterocycles. The smallest absolute Gasteiger partial charge is 0.164 e. The lowest BCUT2D eigenvalue weighted by Gasteiger charge is -2.22. The van der Waals surface area contributed by atoms with E-state index in [4.69, 9.17) is 10.5 Å². The molecule has 2 N–H and O–H groups in total. The molecule has 0 aliphatic heterocycles.